The molecule has 2 aromatic heterocycles. The van der Waals surface area contributed by atoms with Crippen molar-refractivity contribution in [2.75, 3.05) is 0 Å². The van der Waals surface area contributed by atoms with Crippen molar-refractivity contribution >= 4 is 16.9 Å². The number of furan rings is 1. The topological polar surface area (TPSA) is 68.3 Å². The first-order chi connectivity index (χ1) is 8.75. The van der Waals surface area contributed by atoms with E-state index in [1.807, 2.05) is 18.2 Å². The Bertz CT molecular complexity index is 698. The molecule has 2 heterocycles. The lowest BCUT2D eigenvalue weighted by Crippen LogP contribution is -2.05. The van der Waals surface area contributed by atoms with E-state index in [-0.39, 0.29) is 5.76 Å². The Morgan fingerprint density at radius 2 is 2.17 bits per heavy atom. The predicted octanol–water partition coefficient (Wildman–Crippen LogP) is 2.38. The van der Waals surface area contributed by atoms with Crippen LogP contribution in [0.5, 0.6) is 0 Å². The number of para-hydroxylation sites is 1. The lowest BCUT2D eigenvalue weighted by atomic mass is 10.1. The van der Waals surface area contributed by atoms with Crippen molar-refractivity contribution in [2.24, 2.45) is 0 Å². The molecule has 0 aliphatic heterocycles. The third-order valence-corrected chi connectivity index (χ3v) is 2.77. The molecule has 0 amide bonds. The Labute approximate surface area is 102 Å². The average molecular weight is 242 g/mol. The van der Waals surface area contributed by atoms with E-state index in [2.05, 4.69) is 5.10 Å². The number of carboxylic acid groups (broad SMARTS) is 1. The molecule has 1 N–H and O–H groups in total. The van der Waals surface area contributed by atoms with Gasteiger partial charge in [-0.15, -0.1) is 0 Å². The molecule has 0 unspecified atom stereocenters. The Hall–Kier alpha value is -2.56. The van der Waals surface area contributed by atoms with Crippen molar-refractivity contribution in [3.63, 3.8) is 0 Å². The number of carboxylic acids is 1. The molecule has 0 atom stereocenters. The molecular formula is C13H10N2O3. The molecule has 0 saturated carbocycles. The SMILES string of the molecule is O=C(O)c1oc2ccccc2c1Cn1cccn1. The fourth-order valence-electron chi connectivity index (χ4n) is 1.98. The summed E-state index contributed by atoms with van der Waals surface area (Å²) in [4.78, 5) is 11.2. The first-order valence-corrected chi connectivity index (χ1v) is 5.47. The van der Waals surface area contributed by atoms with Crippen LogP contribution in [0.2, 0.25) is 0 Å². The van der Waals surface area contributed by atoms with Gasteiger partial charge in [0, 0.05) is 23.3 Å². The van der Waals surface area contributed by atoms with Crippen molar-refractivity contribution in [1.82, 2.24) is 9.78 Å². The van der Waals surface area contributed by atoms with Crippen LogP contribution in [0.25, 0.3) is 11.0 Å². The van der Waals surface area contributed by atoms with Crippen LogP contribution in [0, 0.1) is 0 Å². The minimum Gasteiger partial charge on any atom is -0.475 e. The fraction of sp³-hybridized carbons (Fsp3) is 0.0769. The van der Waals surface area contributed by atoms with Crippen LogP contribution in [0.15, 0.2) is 47.1 Å². The second-order valence-electron chi connectivity index (χ2n) is 3.91. The lowest BCUT2D eigenvalue weighted by Gasteiger charge is -2.00. The lowest BCUT2D eigenvalue weighted by molar-refractivity contribution is 0.0663. The van der Waals surface area contributed by atoms with Crippen molar-refractivity contribution in [3.05, 3.63) is 54.0 Å². The van der Waals surface area contributed by atoms with Gasteiger partial charge in [0.2, 0.25) is 5.76 Å². The van der Waals surface area contributed by atoms with E-state index < -0.39 is 5.97 Å². The van der Waals surface area contributed by atoms with E-state index in [1.165, 1.54) is 0 Å². The standard InChI is InChI=1S/C13H10N2O3/c16-13(17)12-10(8-15-7-3-6-14-15)9-4-1-2-5-11(9)18-12/h1-7H,8H2,(H,16,17). The van der Waals surface area contributed by atoms with Crippen LogP contribution in [-0.2, 0) is 6.54 Å². The van der Waals surface area contributed by atoms with Crippen LogP contribution < -0.4 is 0 Å². The molecule has 0 saturated heterocycles. The summed E-state index contributed by atoms with van der Waals surface area (Å²) in [5.41, 5.74) is 1.22. The summed E-state index contributed by atoms with van der Waals surface area (Å²) < 4.78 is 7.04. The minimum atomic E-state index is -1.06. The summed E-state index contributed by atoms with van der Waals surface area (Å²) in [5, 5.41) is 14.1. The first-order valence-electron chi connectivity index (χ1n) is 5.47. The van der Waals surface area contributed by atoms with Crippen molar-refractivity contribution < 1.29 is 14.3 Å². The zero-order valence-electron chi connectivity index (χ0n) is 9.41. The average Bonchev–Trinajstić information content (AvgIpc) is 2.98. The quantitative estimate of drug-likeness (QED) is 0.765. The Kier molecular flexibility index (Phi) is 2.37. The summed E-state index contributed by atoms with van der Waals surface area (Å²) in [6.07, 6.45) is 3.44. The number of hydrogen-bond acceptors (Lipinski definition) is 3. The molecule has 0 fully saturated rings. The second-order valence-corrected chi connectivity index (χ2v) is 3.91. The number of fused-ring (bicyclic) bond motifs is 1. The number of aromatic nitrogens is 2. The Balaban J connectivity index is 2.18. The van der Waals surface area contributed by atoms with Gasteiger partial charge in [-0.3, -0.25) is 4.68 Å². The highest BCUT2D eigenvalue weighted by molar-refractivity contribution is 5.95. The third kappa shape index (κ3) is 1.66. The van der Waals surface area contributed by atoms with Crippen molar-refractivity contribution in [2.45, 2.75) is 6.54 Å². The van der Waals surface area contributed by atoms with Gasteiger partial charge in [0.05, 0.1) is 6.54 Å². The number of hydrogen-bond donors (Lipinski definition) is 1. The summed E-state index contributed by atoms with van der Waals surface area (Å²) in [7, 11) is 0. The van der Waals surface area contributed by atoms with E-state index in [0.29, 0.717) is 17.7 Å². The highest BCUT2D eigenvalue weighted by Gasteiger charge is 2.19. The molecule has 5 nitrogen and oxygen atoms in total. The number of aromatic carboxylic acids is 1. The molecule has 18 heavy (non-hydrogen) atoms. The van der Waals surface area contributed by atoms with E-state index >= 15 is 0 Å². The van der Waals surface area contributed by atoms with Gasteiger partial charge in [-0.05, 0) is 12.1 Å². The van der Waals surface area contributed by atoms with Crippen LogP contribution in [0.3, 0.4) is 0 Å². The van der Waals surface area contributed by atoms with Gasteiger partial charge in [-0.25, -0.2) is 4.79 Å². The van der Waals surface area contributed by atoms with E-state index in [9.17, 15) is 9.90 Å². The molecule has 0 aliphatic carbocycles. The van der Waals surface area contributed by atoms with Crippen LogP contribution >= 0.6 is 0 Å². The molecule has 5 heteroatoms. The van der Waals surface area contributed by atoms with Gasteiger partial charge in [-0.1, -0.05) is 18.2 Å². The summed E-state index contributed by atoms with van der Waals surface area (Å²) in [6, 6.07) is 9.08. The van der Waals surface area contributed by atoms with E-state index in [4.69, 9.17) is 4.42 Å². The second kappa shape index (κ2) is 4.03. The summed E-state index contributed by atoms with van der Waals surface area (Å²) in [5.74, 6) is -1.08. The molecule has 0 bridgehead atoms. The molecule has 3 aromatic rings. The fourth-order valence-corrected chi connectivity index (χ4v) is 1.98. The smallest absolute Gasteiger partial charge is 0.372 e. The number of carbonyl (C=O) groups is 1. The van der Waals surface area contributed by atoms with Gasteiger partial charge < -0.3 is 9.52 Å². The molecule has 0 spiro atoms. The van der Waals surface area contributed by atoms with Gasteiger partial charge >= 0.3 is 5.97 Å². The third-order valence-electron chi connectivity index (χ3n) is 2.77. The van der Waals surface area contributed by atoms with Crippen molar-refractivity contribution in [1.29, 1.82) is 0 Å². The highest BCUT2D eigenvalue weighted by Crippen LogP contribution is 2.26. The zero-order valence-corrected chi connectivity index (χ0v) is 9.41. The van der Waals surface area contributed by atoms with E-state index in [0.717, 1.165) is 5.39 Å². The molecule has 90 valence electrons. The predicted molar refractivity (Wildman–Crippen MR) is 64.5 cm³/mol. The van der Waals surface area contributed by atoms with Gasteiger partial charge in [0.15, 0.2) is 0 Å². The number of rotatable bonds is 3. The van der Waals surface area contributed by atoms with Crippen molar-refractivity contribution in [3.8, 4) is 0 Å². The maximum absolute atomic E-state index is 11.2. The Morgan fingerprint density at radius 3 is 2.89 bits per heavy atom. The van der Waals surface area contributed by atoms with E-state index in [1.54, 1.807) is 29.2 Å². The number of nitrogens with zero attached hydrogens (tertiary/aromatic N) is 2. The maximum Gasteiger partial charge on any atom is 0.372 e. The van der Waals surface area contributed by atoms with Crippen LogP contribution in [0.4, 0.5) is 0 Å². The van der Waals surface area contributed by atoms with Gasteiger partial charge in [0.25, 0.3) is 0 Å². The minimum absolute atomic E-state index is 0.0216. The molecular weight excluding hydrogens is 232 g/mol. The summed E-state index contributed by atoms with van der Waals surface area (Å²) in [6.45, 7) is 0.381. The first kappa shape index (κ1) is 10.6. The largest absolute Gasteiger partial charge is 0.475 e. The normalized spacial score (nSPS) is 10.9. The monoisotopic (exact) mass is 242 g/mol. The summed E-state index contributed by atoms with van der Waals surface area (Å²) >= 11 is 0. The molecule has 3 rings (SSSR count). The highest BCUT2D eigenvalue weighted by atomic mass is 16.4. The zero-order chi connectivity index (χ0) is 12.5. The Morgan fingerprint density at radius 1 is 1.33 bits per heavy atom. The molecule has 0 radical (unpaired) electrons. The number of benzene rings is 1. The van der Waals surface area contributed by atoms with Crippen LogP contribution in [-0.4, -0.2) is 20.9 Å². The molecule has 0 aliphatic rings. The maximum atomic E-state index is 11.2. The van der Waals surface area contributed by atoms with Gasteiger partial charge in [0.1, 0.15) is 5.58 Å². The molecule has 1 aromatic carbocycles. The van der Waals surface area contributed by atoms with Gasteiger partial charge in [-0.2, -0.15) is 5.10 Å². The van der Waals surface area contributed by atoms with Crippen LogP contribution in [0.1, 0.15) is 16.1 Å².